The van der Waals surface area contributed by atoms with Gasteiger partial charge in [0, 0.05) is 38.6 Å². The quantitative estimate of drug-likeness (QED) is 0.802. The van der Waals surface area contributed by atoms with Crippen LogP contribution in [0.1, 0.15) is 28.3 Å². The molecule has 0 spiro atoms. The van der Waals surface area contributed by atoms with E-state index in [4.69, 9.17) is 9.15 Å². The molecular formula is C18H26N2O3. The maximum atomic E-state index is 12.7. The summed E-state index contributed by atoms with van der Waals surface area (Å²) >= 11 is 0. The third-order valence-electron chi connectivity index (χ3n) is 4.87. The van der Waals surface area contributed by atoms with E-state index in [0.29, 0.717) is 23.8 Å². The normalized spacial score (nSPS) is 25.7. The van der Waals surface area contributed by atoms with Crippen molar-refractivity contribution in [3.8, 4) is 0 Å². The van der Waals surface area contributed by atoms with Crippen LogP contribution in [0.2, 0.25) is 0 Å². The predicted molar refractivity (Wildman–Crippen MR) is 88.6 cm³/mol. The fourth-order valence-electron chi connectivity index (χ4n) is 3.67. The van der Waals surface area contributed by atoms with Crippen LogP contribution in [0.3, 0.4) is 0 Å². The number of hydrogen-bond donors (Lipinski definition) is 0. The van der Waals surface area contributed by atoms with Gasteiger partial charge < -0.3 is 14.1 Å². The monoisotopic (exact) mass is 318 g/mol. The Morgan fingerprint density at radius 2 is 2.22 bits per heavy atom. The number of likely N-dealkylation sites (tertiary alicyclic amines) is 1. The SMILES string of the molecule is C=CCN1CCO[C@H]2CN(C(=O)c3cc(C)oc3C)CC[C@@H]2C1. The first-order chi connectivity index (χ1) is 11.1. The van der Waals surface area contributed by atoms with Gasteiger partial charge in [-0.15, -0.1) is 6.58 Å². The number of amides is 1. The maximum absolute atomic E-state index is 12.7. The first-order valence-corrected chi connectivity index (χ1v) is 8.39. The lowest BCUT2D eigenvalue weighted by Gasteiger charge is -2.38. The van der Waals surface area contributed by atoms with Crippen molar-refractivity contribution in [2.45, 2.75) is 26.4 Å². The Labute approximate surface area is 137 Å². The summed E-state index contributed by atoms with van der Waals surface area (Å²) in [5.41, 5.74) is 0.683. The van der Waals surface area contributed by atoms with Crippen LogP contribution >= 0.6 is 0 Å². The molecule has 1 aromatic heterocycles. The highest BCUT2D eigenvalue weighted by atomic mass is 16.5. The van der Waals surface area contributed by atoms with Crippen LogP contribution in [0.25, 0.3) is 0 Å². The number of carbonyl (C=O) groups is 1. The van der Waals surface area contributed by atoms with Gasteiger partial charge in [-0.05, 0) is 26.3 Å². The highest BCUT2D eigenvalue weighted by Crippen LogP contribution is 2.26. The summed E-state index contributed by atoms with van der Waals surface area (Å²) in [6.45, 7) is 12.6. The molecule has 0 saturated carbocycles. The second-order valence-corrected chi connectivity index (χ2v) is 6.58. The highest BCUT2D eigenvalue weighted by Gasteiger charge is 2.35. The Hall–Kier alpha value is -1.59. The first-order valence-electron chi connectivity index (χ1n) is 8.39. The molecule has 2 aliphatic heterocycles. The van der Waals surface area contributed by atoms with Gasteiger partial charge in [0.1, 0.15) is 11.5 Å². The molecule has 0 aromatic carbocycles. The van der Waals surface area contributed by atoms with Gasteiger partial charge in [0.2, 0.25) is 0 Å². The lowest BCUT2D eigenvalue weighted by molar-refractivity contribution is -0.0171. The molecule has 0 bridgehead atoms. The Kier molecular flexibility index (Phi) is 4.87. The topological polar surface area (TPSA) is 45.9 Å². The number of rotatable bonds is 3. The molecule has 0 radical (unpaired) electrons. The van der Waals surface area contributed by atoms with Crippen molar-refractivity contribution in [1.29, 1.82) is 0 Å². The van der Waals surface area contributed by atoms with Crippen molar-refractivity contribution in [3.05, 3.63) is 35.8 Å². The van der Waals surface area contributed by atoms with Crippen LogP contribution < -0.4 is 0 Å². The van der Waals surface area contributed by atoms with Crippen molar-refractivity contribution >= 4 is 5.91 Å². The second-order valence-electron chi connectivity index (χ2n) is 6.58. The van der Waals surface area contributed by atoms with Crippen molar-refractivity contribution in [1.82, 2.24) is 9.80 Å². The molecule has 2 atom stereocenters. The van der Waals surface area contributed by atoms with E-state index in [0.717, 1.165) is 45.0 Å². The molecule has 2 saturated heterocycles. The summed E-state index contributed by atoms with van der Waals surface area (Å²) in [5.74, 6) is 2.04. The van der Waals surface area contributed by atoms with Gasteiger partial charge in [-0.25, -0.2) is 0 Å². The number of carbonyl (C=O) groups excluding carboxylic acids is 1. The number of nitrogens with zero attached hydrogens (tertiary/aromatic N) is 2. The Morgan fingerprint density at radius 3 is 2.91 bits per heavy atom. The summed E-state index contributed by atoms with van der Waals surface area (Å²) in [4.78, 5) is 17.1. The zero-order valence-electron chi connectivity index (χ0n) is 14.1. The molecule has 3 rings (SSSR count). The van der Waals surface area contributed by atoms with Crippen molar-refractivity contribution in [2.75, 3.05) is 39.3 Å². The van der Waals surface area contributed by atoms with E-state index in [2.05, 4.69) is 11.5 Å². The van der Waals surface area contributed by atoms with Gasteiger partial charge in [-0.3, -0.25) is 9.69 Å². The Bertz CT molecular complexity index is 581. The number of aryl methyl sites for hydroxylation is 2. The average Bonchev–Trinajstić information content (AvgIpc) is 2.74. The average molecular weight is 318 g/mol. The Balaban J connectivity index is 1.67. The van der Waals surface area contributed by atoms with Crippen molar-refractivity contribution in [2.24, 2.45) is 5.92 Å². The molecule has 0 aliphatic carbocycles. The maximum Gasteiger partial charge on any atom is 0.257 e. The predicted octanol–water partition coefficient (Wildman–Crippen LogP) is 2.25. The minimum atomic E-state index is 0.0635. The molecule has 5 nitrogen and oxygen atoms in total. The van der Waals surface area contributed by atoms with Gasteiger partial charge in [-0.2, -0.15) is 0 Å². The molecular weight excluding hydrogens is 292 g/mol. The first kappa shape index (κ1) is 16.3. The van der Waals surface area contributed by atoms with E-state index in [1.807, 2.05) is 30.9 Å². The van der Waals surface area contributed by atoms with Crippen molar-refractivity contribution < 1.29 is 13.9 Å². The van der Waals surface area contributed by atoms with E-state index >= 15 is 0 Å². The summed E-state index contributed by atoms with van der Waals surface area (Å²) in [5, 5.41) is 0. The lowest BCUT2D eigenvalue weighted by Crippen LogP contribution is -2.49. The van der Waals surface area contributed by atoms with E-state index in [9.17, 15) is 4.79 Å². The van der Waals surface area contributed by atoms with Crippen LogP contribution in [0.4, 0.5) is 0 Å². The van der Waals surface area contributed by atoms with Crippen LogP contribution in [0, 0.1) is 19.8 Å². The van der Waals surface area contributed by atoms with Crippen LogP contribution in [0.5, 0.6) is 0 Å². The second kappa shape index (κ2) is 6.89. The van der Waals surface area contributed by atoms with Gasteiger partial charge in [0.25, 0.3) is 5.91 Å². The standard InChI is InChI=1S/C18H26N2O3/c1-4-6-19-8-9-22-17-12-20(7-5-15(17)11-19)18(21)16-10-13(2)23-14(16)3/h4,10,15,17H,1,5-9,11-12H2,2-3H3/t15-,17+/m1/s1. The number of ether oxygens (including phenoxy) is 1. The van der Waals surface area contributed by atoms with Crippen LogP contribution in [-0.2, 0) is 4.74 Å². The van der Waals surface area contributed by atoms with Crippen molar-refractivity contribution in [3.63, 3.8) is 0 Å². The smallest absolute Gasteiger partial charge is 0.257 e. The Morgan fingerprint density at radius 1 is 1.39 bits per heavy atom. The molecule has 5 heteroatoms. The fourth-order valence-corrected chi connectivity index (χ4v) is 3.67. The zero-order chi connectivity index (χ0) is 16.4. The number of fused-ring (bicyclic) bond motifs is 1. The summed E-state index contributed by atoms with van der Waals surface area (Å²) in [6, 6.07) is 1.84. The minimum Gasteiger partial charge on any atom is -0.466 e. The van der Waals surface area contributed by atoms with Crippen LogP contribution in [-0.4, -0.2) is 61.1 Å². The van der Waals surface area contributed by atoms with Gasteiger partial charge in [0.15, 0.2) is 0 Å². The number of furan rings is 1. The minimum absolute atomic E-state index is 0.0635. The molecule has 1 amide bonds. The molecule has 2 fully saturated rings. The molecule has 0 N–H and O–H groups in total. The van der Waals surface area contributed by atoms with Gasteiger partial charge >= 0.3 is 0 Å². The molecule has 23 heavy (non-hydrogen) atoms. The fraction of sp³-hybridized carbons (Fsp3) is 0.611. The van der Waals surface area contributed by atoms with Gasteiger partial charge in [-0.1, -0.05) is 6.08 Å². The summed E-state index contributed by atoms with van der Waals surface area (Å²) < 4.78 is 11.5. The third kappa shape index (κ3) is 3.51. The summed E-state index contributed by atoms with van der Waals surface area (Å²) in [7, 11) is 0. The van der Waals surface area contributed by atoms with Gasteiger partial charge in [0.05, 0.1) is 18.3 Å². The molecule has 3 heterocycles. The molecule has 0 unspecified atom stereocenters. The molecule has 1 aromatic rings. The third-order valence-corrected chi connectivity index (χ3v) is 4.87. The van der Waals surface area contributed by atoms with E-state index < -0.39 is 0 Å². The van der Waals surface area contributed by atoms with E-state index in [1.54, 1.807) is 0 Å². The van der Waals surface area contributed by atoms with E-state index in [1.165, 1.54) is 0 Å². The lowest BCUT2D eigenvalue weighted by atomic mass is 9.93. The highest BCUT2D eigenvalue weighted by molar-refractivity contribution is 5.95. The molecule has 126 valence electrons. The van der Waals surface area contributed by atoms with Crippen LogP contribution in [0.15, 0.2) is 23.1 Å². The number of piperidine rings is 1. The zero-order valence-corrected chi connectivity index (χ0v) is 14.1. The largest absolute Gasteiger partial charge is 0.466 e. The number of hydrogen-bond acceptors (Lipinski definition) is 4. The summed E-state index contributed by atoms with van der Waals surface area (Å²) in [6.07, 6.45) is 3.07. The molecule has 2 aliphatic rings. The van der Waals surface area contributed by atoms with E-state index in [-0.39, 0.29) is 12.0 Å².